The number of anilines is 1. The highest BCUT2D eigenvalue weighted by atomic mass is 16.5. The Bertz CT molecular complexity index is 1460. The van der Waals surface area contributed by atoms with Gasteiger partial charge in [-0.3, -0.25) is 4.98 Å². The van der Waals surface area contributed by atoms with Gasteiger partial charge in [-0.15, -0.1) is 0 Å². The SMILES string of the molecule is COc1cccc([C@@H](C)Nc2nc(=NC3CC3)n3nc/c(=C\c4[nH]c(=O)[nH]c4O)c3n2)c1. The van der Waals surface area contributed by atoms with E-state index in [1.54, 1.807) is 23.9 Å². The third kappa shape index (κ3) is 3.92. The first-order chi connectivity index (χ1) is 15.5. The molecule has 5 rings (SSSR count). The van der Waals surface area contributed by atoms with Gasteiger partial charge in [-0.25, -0.2) is 9.79 Å². The first kappa shape index (κ1) is 19.8. The van der Waals surface area contributed by atoms with Crippen molar-refractivity contribution in [2.75, 3.05) is 12.4 Å². The van der Waals surface area contributed by atoms with Gasteiger partial charge in [0, 0.05) is 5.22 Å². The van der Waals surface area contributed by atoms with E-state index in [2.05, 4.69) is 35.3 Å². The number of aromatic hydroxyl groups is 1. The molecule has 1 aliphatic carbocycles. The molecule has 32 heavy (non-hydrogen) atoms. The van der Waals surface area contributed by atoms with Crippen molar-refractivity contribution >= 4 is 17.7 Å². The second-order valence-electron chi connectivity index (χ2n) is 7.67. The molecular formula is C21H22N8O3. The monoisotopic (exact) mass is 434 g/mol. The number of aromatic nitrogens is 6. The lowest BCUT2D eigenvalue weighted by Gasteiger charge is -2.15. The normalized spacial score (nSPS) is 15.9. The van der Waals surface area contributed by atoms with E-state index < -0.39 is 5.69 Å². The van der Waals surface area contributed by atoms with E-state index in [1.807, 2.05) is 31.2 Å². The first-order valence-electron chi connectivity index (χ1n) is 10.2. The van der Waals surface area contributed by atoms with Crippen LogP contribution in [-0.2, 0) is 0 Å². The summed E-state index contributed by atoms with van der Waals surface area (Å²) in [5.74, 6) is 0.912. The smallest absolute Gasteiger partial charge is 0.326 e. The largest absolute Gasteiger partial charge is 0.497 e. The number of methoxy groups -OCH3 is 1. The minimum Gasteiger partial charge on any atom is -0.497 e. The van der Waals surface area contributed by atoms with Crippen LogP contribution in [0.5, 0.6) is 11.6 Å². The number of hydrogen-bond donors (Lipinski definition) is 4. The molecule has 0 aliphatic heterocycles. The first-order valence-corrected chi connectivity index (χ1v) is 10.2. The van der Waals surface area contributed by atoms with Gasteiger partial charge in [-0.05, 0) is 43.5 Å². The molecule has 1 fully saturated rings. The van der Waals surface area contributed by atoms with Crippen LogP contribution in [0.25, 0.3) is 11.7 Å². The number of rotatable bonds is 6. The highest BCUT2D eigenvalue weighted by molar-refractivity contribution is 5.57. The maximum absolute atomic E-state index is 11.5. The van der Waals surface area contributed by atoms with Crippen molar-refractivity contribution in [3.63, 3.8) is 0 Å². The van der Waals surface area contributed by atoms with E-state index >= 15 is 0 Å². The van der Waals surface area contributed by atoms with Crippen LogP contribution in [0.3, 0.4) is 0 Å². The summed E-state index contributed by atoms with van der Waals surface area (Å²) in [5.41, 5.74) is 1.70. The van der Waals surface area contributed by atoms with Gasteiger partial charge in [0.2, 0.25) is 11.8 Å². The zero-order valence-electron chi connectivity index (χ0n) is 17.5. The summed E-state index contributed by atoms with van der Waals surface area (Å²) in [6.45, 7) is 2.01. The summed E-state index contributed by atoms with van der Waals surface area (Å²) in [5, 5.41) is 18.2. The Morgan fingerprint density at radius 1 is 1.34 bits per heavy atom. The van der Waals surface area contributed by atoms with Crippen molar-refractivity contribution in [2.45, 2.75) is 31.8 Å². The Morgan fingerprint density at radius 2 is 2.19 bits per heavy atom. The Balaban J connectivity index is 1.60. The molecule has 3 aromatic heterocycles. The molecule has 1 aliphatic rings. The molecule has 1 saturated carbocycles. The molecule has 11 nitrogen and oxygen atoms in total. The topological polar surface area (TPSA) is 146 Å². The van der Waals surface area contributed by atoms with Crippen LogP contribution >= 0.6 is 0 Å². The molecule has 4 aromatic rings. The minimum absolute atomic E-state index is 0.0956. The van der Waals surface area contributed by atoms with Crippen molar-refractivity contribution in [1.82, 2.24) is 29.5 Å². The summed E-state index contributed by atoms with van der Waals surface area (Å²) >= 11 is 0. The Kier molecular flexibility index (Phi) is 4.85. The summed E-state index contributed by atoms with van der Waals surface area (Å²) < 4.78 is 6.88. The van der Waals surface area contributed by atoms with Crippen LogP contribution in [0.15, 0.2) is 40.2 Å². The maximum atomic E-state index is 11.5. The fraction of sp³-hybridized carbons (Fsp3) is 0.286. The number of H-pyrrole nitrogens is 2. The predicted octanol–water partition coefficient (Wildman–Crippen LogP) is 0.639. The fourth-order valence-corrected chi connectivity index (χ4v) is 3.33. The van der Waals surface area contributed by atoms with Gasteiger partial charge in [0.15, 0.2) is 5.65 Å². The van der Waals surface area contributed by atoms with Crippen molar-refractivity contribution in [3.05, 3.63) is 63.0 Å². The standard InChI is InChI=1S/C21H22N8O3/c1-11(12-4-3-5-15(8-12)32-2)23-19-26-17-13(9-16-18(30)27-21(31)25-16)10-22-29(17)20(28-19)24-14-6-7-14/h3-5,8-11,14,30H,6-7H2,1-2H3,(H,23,24,28)(H2,25,27,31)/b13-9+/t11-/m1/s1. The van der Waals surface area contributed by atoms with Crippen molar-refractivity contribution in [1.29, 1.82) is 0 Å². The number of nitrogens with one attached hydrogen (secondary N) is 3. The quantitative estimate of drug-likeness (QED) is 0.348. The molecule has 0 bridgehead atoms. The Labute approximate surface area is 181 Å². The average Bonchev–Trinajstić information content (AvgIpc) is 3.42. The van der Waals surface area contributed by atoms with Crippen molar-refractivity contribution in [3.8, 4) is 11.6 Å². The Hall–Kier alpha value is -4.15. The zero-order chi connectivity index (χ0) is 22.2. The van der Waals surface area contributed by atoms with Crippen LogP contribution in [0.1, 0.15) is 37.1 Å². The second-order valence-corrected chi connectivity index (χ2v) is 7.67. The zero-order valence-corrected chi connectivity index (χ0v) is 17.5. The number of aromatic amines is 2. The van der Waals surface area contributed by atoms with Crippen LogP contribution in [-0.4, -0.2) is 47.8 Å². The van der Waals surface area contributed by atoms with E-state index in [0.717, 1.165) is 24.2 Å². The second kappa shape index (κ2) is 7.84. The summed E-state index contributed by atoms with van der Waals surface area (Å²) in [6.07, 6.45) is 5.23. The lowest BCUT2D eigenvalue weighted by Crippen LogP contribution is -2.25. The van der Waals surface area contributed by atoms with Gasteiger partial charge >= 0.3 is 5.69 Å². The van der Waals surface area contributed by atoms with Crippen LogP contribution in [0.4, 0.5) is 5.95 Å². The molecule has 11 heteroatoms. The summed E-state index contributed by atoms with van der Waals surface area (Å²) in [7, 11) is 1.63. The Morgan fingerprint density at radius 3 is 2.91 bits per heavy atom. The van der Waals surface area contributed by atoms with E-state index in [1.165, 1.54) is 0 Å². The predicted molar refractivity (Wildman–Crippen MR) is 116 cm³/mol. The molecule has 0 spiro atoms. The van der Waals surface area contributed by atoms with Crippen molar-refractivity contribution < 1.29 is 9.84 Å². The van der Waals surface area contributed by atoms with Crippen LogP contribution in [0, 0.1) is 0 Å². The third-order valence-corrected chi connectivity index (χ3v) is 5.20. The molecule has 0 radical (unpaired) electrons. The molecule has 164 valence electrons. The summed E-state index contributed by atoms with van der Waals surface area (Å²) in [4.78, 5) is 30.2. The van der Waals surface area contributed by atoms with Gasteiger partial charge in [-0.2, -0.15) is 19.6 Å². The minimum atomic E-state index is -0.501. The van der Waals surface area contributed by atoms with Gasteiger partial charge in [0.1, 0.15) is 11.4 Å². The van der Waals surface area contributed by atoms with E-state index in [-0.39, 0.29) is 23.7 Å². The molecule has 1 atom stereocenters. The van der Waals surface area contributed by atoms with E-state index in [4.69, 9.17) is 4.74 Å². The molecule has 0 unspecified atom stereocenters. The van der Waals surface area contributed by atoms with E-state index in [0.29, 0.717) is 22.4 Å². The number of hydrogen-bond acceptors (Lipinski definition) is 8. The average molecular weight is 434 g/mol. The highest BCUT2D eigenvalue weighted by Crippen LogP contribution is 2.23. The van der Waals surface area contributed by atoms with Gasteiger partial charge < -0.3 is 20.1 Å². The van der Waals surface area contributed by atoms with Gasteiger partial charge in [0.25, 0.3) is 5.62 Å². The molecule has 4 N–H and O–H groups in total. The van der Waals surface area contributed by atoms with Crippen LogP contribution < -0.4 is 26.6 Å². The lowest BCUT2D eigenvalue weighted by atomic mass is 10.1. The van der Waals surface area contributed by atoms with Crippen LogP contribution in [0.2, 0.25) is 0 Å². The van der Waals surface area contributed by atoms with Gasteiger partial charge in [-0.1, -0.05) is 12.1 Å². The molecule has 0 saturated heterocycles. The summed E-state index contributed by atoms with van der Waals surface area (Å²) in [6, 6.07) is 7.91. The number of ether oxygens (including phenoxy) is 1. The number of imidazole rings is 1. The maximum Gasteiger partial charge on any atom is 0.326 e. The van der Waals surface area contributed by atoms with E-state index in [9.17, 15) is 9.90 Å². The molecule has 0 amide bonds. The molecule has 1 aromatic carbocycles. The molecular weight excluding hydrogens is 412 g/mol. The number of fused-ring (bicyclic) bond motifs is 1. The highest BCUT2D eigenvalue weighted by Gasteiger charge is 2.21. The molecule has 3 heterocycles. The lowest BCUT2D eigenvalue weighted by molar-refractivity contribution is 0.414. The fourth-order valence-electron chi connectivity index (χ4n) is 3.33. The third-order valence-electron chi connectivity index (χ3n) is 5.20. The number of nitrogens with zero attached hydrogens (tertiary/aromatic N) is 5. The number of benzene rings is 1. The van der Waals surface area contributed by atoms with Crippen molar-refractivity contribution in [2.24, 2.45) is 4.99 Å². The van der Waals surface area contributed by atoms with Gasteiger partial charge in [0.05, 0.1) is 25.4 Å².